The van der Waals surface area contributed by atoms with Crippen LogP contribution in [-0.2, 0) is 17.8 Å². The first-order valence-electron chi connectivity index (χ1n) is 6.94. The third-order valence-corrected chi connectivity index (χ3v) is 3.20. The largest absolute Gasteiger partial charge is 0.481 e. The molecule has 1 aromatic carbocycles. The van der Waals surface area contributed by atoms with Crippen molar-refractivity contribution in [2.75, 3.05) is 11.4 Å². The summed E-state index contributed by atoms with van der Waals surface area (Å²) in [4.78, 5) is 17.1. The van der Waals surface area contributed by atoms with Gasteiger partial charge < -0.3 is 14.5 Å². The van der Waals surface area contributed by atoms with Gasteiger partial charge in [0.05, 0.1) is 13.0 Å². The molecule has 2 rings (SSSR count). The zero-order valence-electron chi connectivity index (χ0n) is 12.2. The lowest BCUT2D eigenvalue weighted by molar-refractivity contribution is -0.136. The summed E-state index contributed by atoms with van der Waals surface area (Å²) in [5.74, 6) is 0.335. The van der Waals surface area contributed by atoms with E-state index in [0.717, 1.165) is 11.3 Å². The number of carboxylic acid groups (broad SMARTS) is 1. The van der Waals surface area contributed by atoms with E-state index < -0.39 is 5.97 Å². The predicted molar refractivity (Wildman–Crippen MR) is 78.2 cm³/mol. The number of aliphatic carboxylic acids is 1. The molecule has 0 saturated carbocycles. The molecule has 0 saturated heterocycles. The Bertz CT molecular complexity index is 610. The number of nitrogens with zero attached hydrogens (tertiary/aromatic N) is 3. The first-order valence-corrected chi connectivity index (χ1v) is 6.94. The van der Waals surface area contributed by atoms with Crippen molar-refractivity contribution in [1.29, 1.82) is 0 Å². The highest BCUT2D eigenvalue weighted by Crippen LogP contribution is 2.21. The minimum Gasteiger partial charge on any atom is -0.481 e. The van der Waals surface area contributed by atoms with Crippen molar-refractivity contribution in [3.05, 3.63) is 41.5 Å². The number of carboxylic acids is 1. The van der Waals surface area contributed by atoms with Crippen molar-refractivity contribution < 1.29 is 14.4 Å². The van der Waals surface area contributed by atoms with E-state index in [1.165, 1.54) is 0 Å². The highest BCUT2D eigenvalue weighted by Gasteiger charge is 2.15. The zero-order chi connectivity index (χ0) is 15.2. The highest BCUT2D eigenvalue weighted by atomic mass is 16.5. The van der Waals surface area contributed by atoms with Crippen LogP contribution in [0.25, 0.3) is 0 Å². The van der Waals surface area contributed by atoms with Gasteiger partial charge in [0.2, 0.25) is 5.89 Å². The second-order valence-electron chi connectivity index (χ2n) is 4.81. The van der Waals surface area contributed by atoms with Gasteiger partial charge in [0.15, 0.2) is 5.82 Å². The van der Waals surface area contributed by atoms with Gasteiger partial charge in [-0.05, 0) is 18.6 Å². The molecule has 112 valence electrons. The molecule has 0 bridgehead atoms. The number of hydrogen-bond donors (Lipinski definition) is 1. The minimum atomic E-state index is -0.826. The standard InChI is InChI=1S/C15H19N3O3/c1-3-13-16-14(21-17-13)10-18(9-8-15(19)20)12-7-5-4-6-11(12)2/h4-7H,3,8-10H2,1-2H3,(H,19,20). The lowest BCUT2D eigenvalue weighted by Gasteiger charge is -2.24. The van der Waals surface area contributed by atoms with E-state index in [0.29, 0.717) is 31.2 Å². The smallest absolute Gasteiger partial charge is 0.305 e. The fraction of sp³-hybridized carbons (Fsp3) is 0.400. The summed E-state index contributed by atoms with van der Waals surface area (Å²) >= 11 is 0. The van der Waals surface area contributed by atoms with Crippen molar-refractivity contribution in [2.45, 2.75) is 33.2 Å². The Kier molecular flexibility index (Phi) is 4.92. The second kappa shape index (κ2) is 6.88. The fourth-order valence-electron chi connectivity index (χ4n) is 2.09. The van der Waals surface area contributed by atoms with Gasteiger partial charge in [0, 0.05) is 18.7 Å². The molecular weight excluding hydrogens is 270 g/mol. The van der Waals surface area contributed by atoms with Gasteiger partial charge in [0.25, 0.3) is 0 Å². The molecule has 0 amide bonds. The van der Waals surface area contributed by atoms with E-state index >= 15 is 0 Å². The molecule has 0 radical (unpaired) electrons. The molecule has 0 spiro atoms. The maximum atomic E-state index is 10.8. The molecule has 0 unspecified atom stereocenters. The molecular formula is C15H19N3O3. The third kappa shape index (κ3) is 4.05. The van der Waals surface area contributed by atoms with E-state index in [9.17, 15) is 4.79 Å². The molecule has 0 atom stereocenters. The minimum absolute atomic E-state index is 0.0586. The Morgan fingerprint density at radius 3 is 2.76 bits per heavy atom. The van der Waals surface area contributed by atoms with E-state index in [4.69, 9.17) is 9.63 Å². The maximum absolute atomic E-state index is 10.8. The van der Waals surface area contributed by atoms with Crippen LogP contribution in [0.2, 0.25) is 0 Å². The summed E-state index contributed by atoms with van der Waals surface area (Å²) < 4.78 is 5.20. The number of para-hydroxylation sites is 1. The number of aryl methyl sites for hydroxylation is 2. The quantitative estimate of drug-likeness (QED) is 0.843. The highest BCUT2D eigenvalue weighted by molar-refractivity contribution is 5.68. The van der Waals surface area contributed by atoms with Crippen molar-refractivity contribution >= 4 is 11.7 Å². The monoisotopic (exact) mass is 289 g/mol. The lowest BCUT2D eigenvalue weighted by Crippen LogP contribution is -2.26. The Hall–Kier alpha value is -2.37. The van der Waals surface area contributed by atoms with Crippen molar-refractivity contribution in [1.82, 2.24) is 10.1 Å². The molecule has 0 fully saturated rings. The van der Waals surface area contributed by atoms with Gasteiger partial charge in [0.1, 0.15) is 0 Å². The SMILES string of the molecule is CCc1noc(CN(CCC(=O)O)c2ccccc2C)n1. The lowest BCUT2D eigenvalue weighted by atomic mass is 10.1. The summed E-state index contributed by atoms with van der Waals surface area (Å²) in [6.45, 7) is 4.75. The van der Waals surface area contributed by atoms with Gasteiger partial charge in [-0.3, -0.25) is 4.79 Å². The first kappa shape index (κ1) is 15.0. The summed E-state index contributed by atoms with van der Waals surface area (Å²) in [7, 11) is 0. The zero-order valence-corrected chi connectivity index (χ0v) is 12.2. The van der Waals surface area contributed by atoms with Crippen LogP contribution in [0.1, 0.15) is 30.6 Å². The number of aromatic nitrogens is 2. The molecule has 1 N–H and O–H groups in total. The van der Waals surface area contributed by atoms with E-state index in [1.54, 1.807) is 0 Å². The maximum Gasteiger partial charge on any atom is 0.305 e. The van der Waals surface area contributed by atoms with Gasteiger partial charge >= 0.3 is 5.97 Å². The normalized spacial score (nSPS) is 10.6. The molecule has 21 heavy (non-hydrogen) atoms. The second-order valence-corrected chi connectivity index (χ2v) is 4.81. The number of hydrogen-bond acceptors (Lipinski definition) is 5. The number of anilines is 1. The van der Waals surface area contributed by atoms with Crippen molar-refractivity contribution in [3.63, 3.8) is 0 Å². The number of rotatable bonds is 7. The van der Waals surface area contributed by atoms with E-state index in [2.05, 4.69) is 10.1 Å². The van der Waals surface area contributed by atoms with Crippen molar-refractivity contribution in [3.8, 4) is 0 Å². The Morgan fingerprint density at radius 1 is 1.38 bits per heavy atom. The first-order chi connectivity index (χ1) is 10.1. The van der Waals surface area contributed by atoms with Gasteiger partial charge in [-0.1, -0.05) is 30.3 Å². The van der Waals surface area contributed by atoms with Crippen molar-refractivity contribution in [2.24, 2.45) is 0 Å². The van der Waals surface area contributed by atoms with E-state index in [-0.39, 0.29) is 6.42 Å². The Balaban J connectivity index is 2.19. The van der Waals surface area contributed by atoms with Crippen LogP contribution in [0.15, 0.2) is 28.8 Å². The van der Waals surface area contributed by atoms with Gasteiger partial charge in [-0.2, -0.15) is 4.98 Å². The van der Waals surface area contributed by atoms with Gasteiger partial charge in [-0.25, -0.2) is 0 Å². The summed E-state index contributed by atoms with van der Waals surface area (Å²) in [6.07, 6.45) is 0.770. The van der Waals surface area contributed by atoms with E-state index in [1.807, 2.05) is 43.0 Å². The van der Waals surface area contributed by atoms with Crippen LogP contribution >= 0.6 is 0 Å². The summed E-state index contributed by atoms with van der Waals surface area (Å²) in [5.41, 5.74) is 2.06. The average Bonchev–Trinajstić information content (AvgIpc) is 2.92. The predicted octanol–water partition coefficient (Wildman–Crippen LogP) is 2.42. The Labute approximate surface area is 123 Å². The fourth-order valence-corrected chi connectivity index (χ4v) is 2.09. The van der Waals surface area contributed by atoms with Gasteiger partial charge in [-0.15, -0.1) is 0 Å². The van der Waals surface area contributed by atoms with Crippen LogP contribution in [0, 0.1) is 6.92 Å². The molecule has 0 aliphatic rings. The molecule has 1 heterocycles. The van der Waals surface area contributed by atoms with Crippen LogP contribution < -0.4 is 4.90 Å². The van der Waals surface area contributed by atoms with Crippen LogP contribution in [-0.4, -0.2) is 27.8 Å². The molecule has 2 aromatic rings. The van der Waals surface area contributed by atoms with Crippen LogP contribution in [0.3, 0.4) is 0 Å². The van der Waals surface area contributed by atoms with Crippen LogP contribution in [0.5, 0.6) is 0 Å². The summed E-state index contributed by atoms with van der Waals surface area (Å²) in [6, 6.07) is 7.85. The number of benzene rings is 1. The molecule has 6 nitrogen and oxygen atoms in total. The average molecular weight is 289 g/mol. The Morgan fingerprint density at radius 2 is 2.14 bits per heavy atom. The molecule has 6 heteroatoms. The third-order valence-electron chi connectivity index (χ3n) is 3.20. The molecule has 1 aromatic heterocycles. The number of carbonyl (C=O) groups is 1. The molecule has 0 aliphatic heterocycles. The summed E-state index contributed by atoms with van der Waals surface area (Å²) in [5, 5.41) is 12.8. The molecule has 0 aliphatic carbocycles. The topological polar surface area (TPSA) is 79.5 Å². The van der Waals surface area contributed by atoms with Crippen LogP contribution in [0.4, 0.5) is 5.69 Å².